The first-order valence-electron chi connectivity index (χ1n) is 5.74. The second-order valence-electron chi connectivity index (χ2n) is 4.16. The van der Waals surface area contributed by atoms with Gasteiger partial charge in [-0.15, -0.1) is 0 Å². The highest BCUT2D eigenvalue weighted by molar-refractivity contribution is 7.99. The molecule has 1 aliphatic heterocycles. The van der Waals surface area contributed by atoms with Crippen LogP contribution in [0.5, 0.6) is 0 Å². The number of rotatable bonds is 7. The maximum absolute atomic E-state index is 5.67. The van der Waals surface area contributed by atoms with Crippen molar-refractivity contribution in [1.82, 2.24) is 0 Å². The molecule has 2 atom stereocenters. The topological polar surface area (TPSA) is 35.2 Å². The van der Waals surface area contributed by atoms with E-state index < -0.39 is 0 Å². The summed E-state index contributed by atoms with van der Waals surface area (Å²) in [6, 6.07) is 0.362. The Kier molecular flexibility index (Phi) is 6.65. The number of nitrogens with two attached hydrogens (primary N) is 1. The van der Waals surface area contributed by atoms with E-state index in [0.29, 0.717) is 12.1 Å². The molecule has 1 heterocycles. The summed E-state index contributed by atoms with van der Waals surface area (Å²) in [5.41, 5.74) is 5.67. The third-order valence-electron chi connectivity index (χ3n) is 2.56. The van der Waals surface area contributed by atoms with E-state index in [1.165, 1.54) is 37.2 Å². The fourth-order valence-corrected chi connectivity index (χ4v) is 2.77. The summed E-state index contributed by atoms with van der Waals surface area (Å²) in [6.45, 7) is 3.06. The van der Waals surface area contributed by atoms with Gasteiger partial charge in [0.15, 0.2) is 0 Å². The Balaban J connectivity index is 1.79. The summed E-state index contributed by atoms with van der Waals surface area (Å²) in [7, 11) is 0. The van der Waals surface area contributed by atoms with E-state index in [4.69, 9.17) is 10.5 Å². The first kappa shape index (κ1) is 12.3. The first-order chi connectivity index (χ1) is 6.79. The predicted octanol–water partition coefficient (Wildman–Crippen LogP) is 2.42. The molecule has 1 aliphatic rings. The third kappa shape index (κ3) is 5.89. The fourth-order valence-electron chi connectivity index (χ4n) is 1.66. The monoisotopic (exact) mass is 217 g/mol. The van der Waals surface area contributed by atoms with Crippen LogP contribution < -0.4 is 5.73 Å². The van der Waals surface area contributed by atoms with E-state index in [0.717, 1.165) is 13.0 Å². The molecule has 0 radical (unpaired) electrons. The number of hydrogen-bond acceptors (Lipinski definition) is 3. The summed E-state index contributed by atoms with van der Waals surface area (Å²) >= 11 is 2.03. The highest BCUT2D eigenvalue weighted by atomic mass is 32.2. The van der Waals surface area contributed by atoms with Crippen LogP contribution >= 0.6 is 11.8 Å². The molecule has 2 unspecified atom stereocenters. The molecule has 0 aliphatic carbocycles. The van der Waals surface area contributed by atoms with E-state index in [2.05, 4.69) is 6.92 Å². The van der Waals surface area contributed by atoms with Crippen LogP contribution in [-0.2, 0) is 4.74 Å². The molecule has 1 rings (SSSR count). The predicted molar refractivity (Wildman–Crippen MR) is 63.8 cm³/mol. The smallest absolute Gasteiger partial charge is 0.0576 e. The molecule has 1 fully saturated rings. The Hall–Kier alpha value is 0.270. The summed E-state index contributed by atoms with van der Waals surface area (Å²) in [5.74, 6) is 2.48. The Morgan fingerprint density at radius 2 is 2.36 bits per heavy atom. The number of thioether (sulfide) groups is 1. The number of ether oxygens (including phenoxy) is 1. The summed E-state index contributed by atoms with van der Waals surface area (Å²) in [6.07, 6.45) is 6.82. The van der Waals surface area contributed by atoms with Gasteiger partial charge in [0.05, 0.1) is 6.10 Å². The van der Waals surface area contributed by atoms with Gasteiger partial charge >= 0.3 is 0 Å². The Morgan fingerprint density at radius 3 is 3.00 bits per heavy atom. The van der Waals surface area contributed by atoms with E-state index in [1.54, 1.807) is 0 Å². The van der Waals surface area contributed by atoms with Gasteiger partial charge in [-0.1, -0.05) is 0 Å². The second-order valence-corrected chi connectivity index (χ2v) is 5.38. The molecule has 0 aromatic rings. The molecule has 3 heteroatoms. The van der Waals surface area contributed by atoms with Crippen LogP contribution in [0.1, 0.15) is 39.0 Å². The van der Waals surface area contributed by atoms with Crippen molar-refractivity contribution in [2.45, 2.75) is 51.2 Å². The molecule has 1 saturated heterocycles. The van der Waals surface area contributed by atoms with E-state index in [1.807, 2.05) is 11.8 Å². The molecule has 0 bridgehead atoms. The molecule has 0 amide bonds. The van der Waals surface area contributed by atoms with Crippen molar-refractivity contribution in [3.8, 4) is 0 Å². The van der Waals surface area contributed by atoms with E-state index >= 15 is 0 Å². The van der Waals surface area contributed by atoms with Crippen LogP contribution in [0.3, 0.4) is 0 Å². The molecule has 2 N–H and O–H groups in total. The van der Waals surface area contributed by atoms with Crippen LogP contribution in [0.2, 0.25) is 0 Å². The molecule has 0 aromatic heterocycles. The normalized spacial score (nSPS) is 24.0. The minimum Gasteiger partial charge on any atom is -0.378 e. The highest BCUT2D eigenvalue weighted by Gasteiger charge is 2.14. The lowest BCUT2D eigenvalue weighted by atomic mass is 10.1. The Morgan fingerprint density at radius 1 is 1.50 bits per heavy atom. The van der Waals surface area contributed by atoms with Crippen molar-refractivity contribution < 1.29 is 4.74 Å². The van der Waals surface area contributed by atoms with Gasteiger partial charge in [0.2, 0.25) is 0 Å². The van der Waals surface area contributed by atoms with Gasteiger partial charge in [-0.25, -0.2) is 0 Å². The van der Waals surface area contributed by atoms with Gasteiger partial charge in [0, 0.05) is 12.6 Å². The Labute approximate surface area is 92.0 Å². The van der Waals surface area contributed by atoms with Gasteiger partial charge in [0.1, 0.15) is 0 Å². The average molecular weight is 217 g/mol. The molecule has 2 nitrogen and oxygen atoms in total. The standard InChI is InChI=1S/C11H23NOS/c1-10(12)6-9-14-8-3-5-11-4-2-7-13-11/h10-11H,2-9,12H2,1H3. The van der Waals surface area contributed by atoms with Crippen molar-refractivity contribution in [1.29, 1.82) is 0 Å². The van der Waals surface area contributed by atoms with E-state index in [9.17, 15) is 0 Å². The van der Waals surface area contributed by atoms with Crippen molar-refractivity contribution in [2.75, 3.05) is 18.1 Å². The zero-order chi connectivity index (χ0) is 10.2. The molecular formula is C11H23NOS. The average Bonchev–Trinajstić information content (AvgIpc) is 2.63. The lowest BCUT2D eigenvalue weighted by Crippen LogP contribution is -2.15. The SMILES string of the molecule is CC(N)CCSCCCC1CCCO1. The maximum Gasteiger partial charge on any atom is 0.0576 e. The van der Waals surface area contributed by atoms with Gasteiger partial charge in [-0.2, -0.15) is 11.8 Å². The zero-order valence-electron chi connectivity index (χ0n) is 9.21. The highest BCUT2D eigenvalue weighted by Crippen LogP contribution is 2.18. The quantitative estimate of drug-likeness (QED) is 0.665. The van der Waals surface area contributed by atoms with Crippen LogP contribution in [0.15, 0.2) is 0 Å². The van der Waals surface area contributed by atoms with Crippen molar-refractivity contribution in [2.24, 2.45) is 5.73 Å². The van der Waals surface area contributed by atoms with Gasteiger partial charge in [-0.3, -0.25) is 0 Å². The van der Waals surface area contributed by atoms with Crippen molar-refractivity contribution >= 4 is 11.8 Å². The van der Waals surface area contributed by atoms with Gasteiger partial charge in [-0.05, 0) is 50.5 Å². The van der Waals surface area contributed by atoms with Gasteiger partial charge in [0.25, 0.3) is 0 Å². The molecule has 0 saturated carbocycles. The van der Waals surface area contributed by atoms with Crippen LogP contribution in [0.25, 0.3) is 0 Å². The first-order valence-corrected chi connectivity index (χ1v) is 6.89. The van der Waals surface area contributed by atoms with E-state index in [-0.39, 0.29) is 0 Å². The minimum absolute atomic E-state index is 0.362. The zero-order valence-corrected chi connectivity index (χ0v) is 10.0. The summed E-state index contributed by atoms with van der Waals surface area (Å²) < 4.78 is 5.57. The maximum atomic E-state index is 5.67. The van der Waals surface area contributed by atoms with Crippen LogP contribution in [-0.4, -0.2) is 30.3 Å². The molecule has 14 heavy (non-hydrogen) atoms. The largest absolute Gasteiger partial charge is 0.378 e. The molecule has 84 valence electrons. The Bertz CT molecular complexity index is 135. The lowest BCUT2D eigenvalue weighted by molar-refractivity contribution is 0.104. The molecule has 0 spiro atoms. The lowest BCUT2D eigenvalue weighted by Gasteiger charge is -2.08. The van der Waals surface area contributed by atoms with Crippen LogP contribution in [0, 0.1) is 0 Å². The van der Waals surface area contributed by atoms with Gasteiger partial charge < -0.3 is 10.5 Å². The molecular weight excluding hydrogens is 194 g/mol. The van der Waals surface area contributed by atoms with Crippen molar-refractivity contribution in [3.05, 3.63) is 0 Å². The minimum atomic E-state index is 0.362. The summed E-state index contributed by atoms with van der Waals surface area (Å²) in [5, 5.41) is 0. The molecule has 0 aromatic carbocycles. The third-order valence-corrected chi connectivity index (χ3v) is 3.66. The fraction of sp³-hybridized carbons (Fsp3) is 1.00. The number of hydrogen-bond donors (Lipinski definition) is 1. The summed E-state index contributed by atoms with van der Waals surface area (Å²) in [4.78, 5) is 0. The van der Waals surface area contributed by atoms with Crippen molar-refractivity contribution in [3.63, 3.8) is 0 Å². The second kappa shape index (κ2) is 7.55. The van der Waals surface area contributed by atoms with Crippen LogP contribution in [0.4, 0.5) is 0 Å².